The lowest BCUT2D eigenvalue weighted by molar-refractivity contribution is 0.170. The number of nitrogen functional groups attached to an aromatic ring is 1. The number of nitrogens with two attached hydrogens (primary N) is 1. The van der Waals surface area contributed by atoms with Crippen LogP contribution in [0, 0.1) is 0 Å². The van der Waals surface area contributed by atoms with E-state index in [1.54, 1.807) is 25.6 Å². The van der Waals surface area contributed by atoms with E-state index in [-0.39, 0.29) is 18.6 Å². The van der Waals surface area contributed by atoms with Gasteiger partial charge in [-0.3, -0.25) is 0 Å². The van der Waals surface area contributed by atoms with Crippen molar-refractivity contribution in [2.24, 2.45) is 0 Å². The van der Waals surface area contributed by atoms with Crippen molar-refractivity contribution in [2.75, 3.05) is 31.4 Å². The second-order valence-corrected chi connectivity index (χ2v) is 4.08. The van der Waals surface area contributed by atoms with E-state index in [1.807, 2.05) is 0 Å². The van der Waals surface area contributed by atoms with Gasteiger partial charge in [-0.05, 0) is 12.5 Å². The number of aliphatic hydroxyl groups is 1. The van der Waals surface area contributed by atoms with Gasteiger partial charge >= 0.3 is 0 Å². The van der Waals surface area contributed by atoms with Gasteiger partial charge in [0.15, 0.2) is 0 Å². The van der Waals surface area contributed by atoms with Gasteiger partial charge in [-0.1, -0.05) is 0 Å². The van der Waals surface area contributed by atoms with E-state index in [0.717, 1.165) is 0 Å². The summed E-state index contributed by atoms with van der Waals surface area (Å²) in [5, 5.41) is 16.1. The normalized spacial score (nSPS) is 12.3. The highest BCUT2D eigenvalue weighted by Gasteiger charge is 2.12. The molecule has 0 fully saturated rings. The van der Waals surface area contributed by atoms with Crippen LogP contribution in [-0.4, -0.2) is 56.2 Å². The summed E-state index contributed by atoms with van der Waals surface area (Å²) in [5.41, 5.74) is 5.67. The fourth-order valence-corrected chi connectivity index (χ4v) is 1.67. The molecule has 0 aliphatic carbocycles. The van der Waals surface area contributed by atoms with Crippen molar-refractivity contribution in [3.8, 4) is 5.95 Å². The fourth-order valence-electron chi connectivity index (χ4n) is 1.67. The second kappa shape index (κ2) is 6.78. The van der Waals surface area contributed by atoms with Crippen LogP contribution in [0.15, 0.2) is 18.5 Å². The van der Waals surface area contributed by atoms with Gasteiger partial charge in [-0.25, -0.2) is 4.68 Å². The van der Waals surface area contributed by atoms with E-state index in [0.29, 0.717) is 24.9 Å². The molecule has 2 rings (SSSR count). The summed E-state index contributed by atoms with van der Waals surface area (Å²) < 4.78 is 6.55. The highest BCUT2D eigenvalue weighted by molar-refractivity contribution is 5.35. The molecule has 0 aliphatic heterocycles. The molecule has 0 radical (unpaired) electrons. The van der Waals surface area contributed by atoms with Gasteiger partial charge in [0.2, 0.25) is 11.9 Å². The van der Waals surface area contributed by atoms with E-state index < -0.39 is 0 Å². The van der Waals surface area contributed by atoms with Crippen LogP contribution in [0.1, 0.15) is 6.42 Å². The van der Waals surface area contributed by atoms with Crippen LogP contribution in [0.25, 0.3) is 5.95 Å². The number of methoxy groups -OCH3 is 1. The zero-order valence-corrected chi connectivity index (χ0v) is 11.1. The largest absolute Gasteiger partial charge is 0.396 e. The molecule has 0 saturated carbocycles. The predicted molar refractivity (Wildman–Crippen MR) is 72.4 cm³/mol. The number of anilines is 2. The average molecular weight is 279 g/mol. The Balaban J connectivity index is 2.19. The molecule has 9 nitrogen and oxygen atoms in total. The van der Waals surface area contributed by atoms with Crippen molar-refractivity contribution in [3.63, 3.8) is 0 Å². The van der Waals surface area contributed by atoms with Crippen molar-refractivity contribution in [1.29, 1.82) is 0 Å². The Labute approximate surface area is 115 Å². The summed E-state index contributed by atoms with van der Waals surface area (Å²) in [4.78, 5) is 12.3. The van der Waals surface area contributed by atoms with Crippen molar-refractivity contribution >= 4 is 11.9 Å². The molecule has 4 N–H and O–H groups in total. The Kier molecular flexibility index (Phi) is 4.80. The first-order chi connectivity index (χ1) is 9.72. The van der Waals surface area contributed by atoms with Crippen LogP contribution in [0.4, 0.5) is 11.9 Å². The molecule has 20 heavy (non-hydrogen) atoms. The number of nitrogens with one attached hydrogen (secondary N) is 1. The lowest BCUT2D eigenvalue weighted by Crippen LogP contribution is -2.27. The molecule has 1 unspecified atom stereocenters. The van der Waals surface area contributed by atoms with Crippen molar-refractivity contribution in [1.82, 2.24) is 24.7 Å². The lowest BCUT2D eigenvalue weighted by Gasteiger charge is -2.17. The molecule has 9 heteroatoms. The summed E-state index contributed by atoms with van der Waals surface area (Å²) in [6, 6.07) is 1.64. The van der Waals surface area contributed by atoms with E-state index in [2.05, 4.69) is 25.4 Å². The zero-order valence-electron chi connectivity index (χ0n) is 11.1. The minimum absolute atomic E-state index is 0.0353. The number of aromatic nitrogens is 5. The van der Waals surface area contributed by atoms with Crippen LogP contribution in [0.3, 0.4) is 0 Å². The van der Waals surface area contributed by atoms with E-state index in [4.69, 9.17) is 15.6 Å². The number of hydrogen-bond acceptors (Lipinski definition) is 8. The lowest BCUT2D eigenvalue weighted by atomic mass is 10.2. The Morgan fingerprint density at radius 1 is 1.45 bits per heavy atom. The van der Waals surface area contributed by atoms with Crippen molar-refractivity contribution in [2.45, 2.75) is 12.5 Å². The van der Waals surface area contributed by atoms with E-state index >= 15 is 0 Å². The highest BCUT2D eigenvalue weighted by atomic mass is 16.5. The SMILES string of the molecule is COCC(CCO)Nc1nc(N)nc(-n2cccn2)n1. The molecular formula is C11H17N7O2. The number of ether oxygens (including phenoxy) is 1. The molecule has 0 bridgehead atoms. The highest BCUT2D eigenvalue weighted by Crippen LogP contribution is 2.08. The van der Waals surface area contributed by atoms with Crippen LogP contribution >= 0.6 is 0 Å². The quantitative estimate of drug-likeness (QED) is 0.616. The molecule has 0 aliphatic rings. The van der Waals surface area contributed by atoms with Gasteiger partial charge in [0.05, 0.1) is 12.6 Å². The smallest absolute Gasteiger partial charge is 0.257 e. The van der Waals surface area contributed by atoms with Crippen LogP contribution < -0.4 is 11.1 Å². The first-order valence-electron chi connectivity index (χ1n) is 6.11. The molecule has 2 heterocycles. The molecule has 0 amide bonds. The Morgan fingerprint density at radius 3 is 2.95 bits per heavy atom. The summed E-state index contributed by atoms with van der Waals surface area (Å²) in [7, 11) is 1.59. The third-order valence-corrected chi connectivity index (χ3v) is 2.53. The maximum Gasteiger partial charge on any atom is 0.257 e. The molecule has 108 valence electrons. The van der Waals surface area contributed by atoms with E-state index in [1.165, 1.54) is 4.68 Å². The number of nitrogens with zero attached hydrogens (tertiary/aromatic N) is 5. The third kappa shape index (κ3) is 3.62. The third-order valence-electron chi connectivity index (χ3n) is 2.53. The number of rotatable bonds is 7. The zero-order chi connectivity index (χ0) is 14.4. The van der Waals surface area contributed by atoms with Gasteiger partial charge in [0.1, 0.15) is 0 Å². The van der Waals surface area contributed by atoms with Gasteiger partial charge < -0.3 is 20.9 Å². The summed E-state index contributed by atoms with van der Waals surface area (Å²) in [6.45, 7) is 0.455. The van der Waals surface area contributed by atoms with Crippen LogP contribution in [0.5, 0.6) is 0 Å². The number of hydrogen-bond donors (Lipinski definition) is 3. The van der Waals surface area contributed by atoms with Crippen molar-refractivity contribution < 1.29 is 9.84 Å². The monoisotopic (exact) mass is 279 g/mol. The average Bonchev–Trinajstić information content (AvgIpc) is 2.92. The Bertz CT molecular complexity index is 526. The fraction of sp³-hybridized carbons (Fsp3) is 0.455. The van der Waals surface area contributed by atoms with Crippen molar-refractivity contribution in [3.05, 3.63) is 18.5 Å². The van der Waals surface area contributed by atoms with Gasteiger partial charge in [-0.2, -0.15) is 20.1 Å². The minimum Gasteiger partial charge on any atom is -0.396 e. The summed E-state index contributed by atoms with van der Waals surface area (Å²) in [5.74, 6) is 0.733. The maximum absolute atomic E-state index is 9.01. The topological polar surface area (TPSA) is 124 Å². The number of aliphatic hydroxyl groups excluding tert-OH is 1. The molecule has 2 aromatic heterocycles. The standard InChI is InChI=1S/C11H17N7O2/c1-20-7-8(3-6-19)14-10-15-9(12)16-11(17-10)18-5-2-4-13-18/h2,4-5,8,19H,3,6-7H2,1H3,(H3,12,14,15,16,17). The van der Waals surface area contributed by atoms with Crippen LogP contribution in [-0.2, 0) is 4.74 Å². The summed E-state index contributed by atoms with van der Waals surface area (Å²) >= 11 is 0. The molecule has 0 saturated heterocycles. The first kappa shape index (κ1) is 14.2. The summed E-state index contributed by atoms with van der Waals surface area (Å²) in [6.07, 6.45) is 3.84. The Hall–Kier alpha value is -2.26. The van der Waals surface area contributed by atoms with Gasteiger partial charge in [0, 0.05) is 26.1 Å². The molecular weight excluding hydrogens is 262 g/mol. The molecule has 0 aromatic carbocycles. The molecule has 0 spiro atoms. The molecule has 2 aromatic rings. The van der Waals surface area contributed by atoms with Gasteiger partial charge in [-0.15, -0.1) is 0 Å². The van der Waals surface area contributed by atoms with Gasteiger partial charge in [0.25, 0.3) is 5.95 Å². The second-order valence-electron chi connectivity index (χ2n) is 4.08. The predicted octanol–water partition coefficient (Wildman–Crippen LogP) is -0.551. The van der Waals surface area contributed by atoms with Crippen LogP contribution in [0.2, 0.25) is 0 Å². The molecule has 1 atom stereocenters. The Morgan fingerprint density at radius 2 is 2.30 bits per heavy atom. The minimum atomic E-state index is -0.114. The first-order valence-corrected chi connectivity index (χ1v) is 6.11. The maximum atomic E-state index is 9.01. The van der Waals surface area contributed by atoms with E-state index in [9.17, 15) is 0 Å².